The van der Waals surface area contributed by atoms with Gasteiger partial charge >= 0.3 is 0 Å². The number of carbonyl (C=O) groups excluding carboxylic acids is 2. The number of benzene rings is 2. The third kappa shape index (κ3) is 6.54. The van der Waals surface area contributed by atoms with E-state index in [1.807, 2.05) is 49.4 Å². The van der Waals surface area contributed by atoms with Crippen LogP contribution in [0.15, 0.2) is 94.0 Å². The van der Waals surface area contributed by atoms with E-state index in [0.29, 0.717) is 29.4 Å². The summed E-state index contributed by atoms with van der Waals surface area (Å²) < 4.78 is 11.0. The molecule has 36 heavy (non-hydrogen) atoms. The van der Waals surface area contributed by atoms with Gasteiger partial charge in [0.15, 0.2) is 0 Å². The summed E-state index contributed by atoms with van der Waals surface area (Å²) in [6.45, 7) is 4.68. The van der Waals surface area contributed by atoms with Crippen LogP contribution < -0.4 is 5.32 Å². The van der Waals surface area contributed by atoms with Crippen LogP contribution in [0.4, 0.5) is 0 Å². The standard InChI is InChI=1S/C30H32N2O4/c1-22-20-28(23(2)36-22)30(34)32(21-26-14-9-19-35-26)18-16-29(33)31-17-15-27(24-10-5-3-6-11-24)25-12-7-4-8-13-25/h3-14,19-20,27H,15-18,21H2,1-2H3,(H,31,33). The number of furan rings is 2. The van der Waals surface area contributed by atoms with Crippen molar-refractivity contribution in [2.24, 2.45) is 0 Å². The van der Waals surface area contributed by atoms with Crippen LogP contribution in [0.3, 0.4) is 0 Å². The number of nitrogens with one attached hydrogen (secondary N) is 1. The van der Waals surface area contributed by atoms with Crippen molar-refractivity contribution in [1.29, 1.82) is 0 Å². The Labute approximate surface area is 211 Å². The first-order valence-corrected chi connectivity index (χ1v) is 12.3. The second kappa shape index (κ2) is 12.1. The van der Waals surface area contributed by atoms with E-state index >= 15 is 0 Å². The van der Waals surface area contributed by atoms with E-state index < -0.39 is 0 Å². The van der Waals surface area contributed by atoms with Gasteiger partial charge in [0.05, 0.1) is 18.4 Å². The summed E-state index contributed by atoms with van der Waals surface area (Å²) in [5.74, 6) is 1.83. The van der Waals surface area contributed by atoms with Crippen LogP contribution in [0.2, 0.25) is 0 Å². The minimum Gasteiger partial charge on any atom is -0.467 e. The van der Waals surface area contributed by atoms with E-state index in [4.69, 9.17) is 8.83 Å². The monoisotopic (exact) mass is 484 g/mol. The predicted molar refractivity (Wildman–Crippen MR) is 139 cm³/mol. The van der Waals surface area contributed by atoms with Crippen molar-refractivity contribution in [2.45, 2.75) is 39.2 Å². The molecule has 0 saturated heterocycles. The molecule has 2 heterocycles. The number of hydrogen-bond donors (Lipinski definition) is 1. The Balaban J connectivity index is 1.36. The van der Waals surface area contributed by atoms with E-state index in [1.54, 1.807) is 30.2 Å². The number of aryl methyl sites for hydroxylation is 2. The highest BCUT2D eigenvalue weighted by molar-refractivity contribution is 5.95. The van der Waals surface area contributed by atoms with Gasteiger partial charge in [0, 0.05) is 25.4 Å². The summed E-state index contributed by atoms with van der Waals surface area (Å²) in [5.41, 5.74) is 2.95. The molecule has 186 valence electrons. The number of carbonyl (C=O) groups is 2. The normalized spacial score (nSPS) is 11.0. The second-order valence-corrected chi connectivity index (χ2v) is 8.90. The zero-order valence-corrected chi connectivity index (χ0v) is 20.8. The summed E-state index contributed by atoms with van der Waals surface area (Å²) in [5, 5.41) is 3.04. The lowest BCUT2D eigenvalue weighted by Crippen LogP contribution is -2.35. The van der Waals surface area contributed by atoms with Gasteiger partial charge in [0.25, 0.3) is 5.91 Å². The van der Waals surface area contributed by atoms with Crippen LogP contribution in [-0.2, 0) is 11.3 Å². The van der Waals surface area contributed by atoms with Crippen LogP contribution in [-0.4, -0.2) is 29.8 Å². The van der Waals surface area contributed by atoms with Crippen molar-refractivity contribution in [3.8, 4) is 0 Å². The molecule has 2 aromatic heterocycles. The average molecular weight is 485 g/mol. The summed E-state index contributed by atoms with van der Waals surface area (Å²) in [6.07, 6.45) is 2.56. The number of amides is 2. The number of rotatable bonds is 11. The van der Waals surface area contributed by atoms with Gasteiger partial charge in [0.1, 0.15) is 17.3 Å². The molecule has 2 amide bonds. The van der Waals surface area contributed by atoms with Gasteiger partial charge in [-0.15, -0.1) is 0 Å². The largest absolute Gasteiger partial charge is 0.467 e. The van der Waals surface area contributed by atoms with E-state index in [-0.39, 0.29) is 37.2 Å². The van der Waals surface area contributed by atoms with E-state index in [1.165, 1.54) is 11.1 Å². The quantitative estimate of drug-likeness (QED) is 0.289. The molecular weight excluding hydrogens is 452 g/mol. The van der Waals surface area contributed by atoms with Crippen LogP contribution in [0.5, 0.6) is 0 Å². The molecule has 6 heteroatoms. The van der Waals surface area contributed by atoms with E-state index in [2.05, 4.69) is 29.6 Å². The Morgan fingerprint density at radius 1 is 0.917 bits per heavy atom. The first-order valence-electron chi connectivity index (χ1n) is 12.3. The molecule has 6 nitrogen and oxygen atoms in total. The van der Waals surface area contributed by atoms with Crippen LogP contribution in [0.25, 0.3) is 0 Å². The molecule has 0 fully saturated rings. The van der Waals surface area contributed by atoms with Gasteiger partial charge in [-0.25, -0.2) is 0 Å². The smallest absolute Gasteiger partial charge is 0.257 e. The molecule has 0 atom stereocenters. The minimum atomic E-state index is -0.179. The highest BCUT2D eigenvalue weighted by Gasteiger charge is 2.22. The highest BCUT2D eigenvalue weighted by Crippen LogP contribution is 2.27. The summed E-state index contributed by atoms with van der Waals surface area (Å²) in [7, 11) is 0. The fourth-order valence-electron chi connectivity index (χ4n) is 4.43. The highest BCUT2D eigenvalue weighted by atomic mass is 16.3. The average Bonchev–Trinajstić information content (AvgIpc) is 3.53. The first-order chi connectivity index (χ1) is 17.5. The van der Waals surface area contributed by atoms with Crippen molar-refractivity contribution in [3.63, 3.8) is 0 Å². The summed E-state index contributed by atoms with van der Waals surface area (Å²) in [4.78, 5) is 27.6. The van der Waals surface area contributed by atoms with Gasteiger partial charge in [0.2, 0.25) is 5.91 Å². The molecule has 0 unspecified atom stereocenters. The summed E-state index contributed by atoms with van der Waals surface area (Å²) >= 11 is 0. The Hall–Kier alpha value is -4.06. The fourth-order valence-corrected chi connectivity index (χ4v) is 4.43. The molecule has 0 bridgehead atoms. The maximum Gasteiger partial charge on any atom is 0.257 e. The van der Waals surface area contributed by atoms with Crippen molar-refractivity contribution in [2.75, 3.05) is 13.1 Å². The van der Waals surface area contributed by atoms with Crippen LogP contribution in [0, 0.1) is 13.8 Å². The fraction of sp³-hybridized carbons (Fsp3) is 0.267. The third-order valence-electron chi connectivity index (χ3n) is 6.25. The molecule has 2 aromatic carbocycles. The van der Waals surface area contributed by atoms with Gasteiger partial charge < -0.3 is 19.1 Å². The molecule has 4 aromatic rings. The molecule has 0 saturated carbocycles. The second-order valence-electron chi connectivity index (χ2n) is 8.90. The topological polar surface area (TPSA) is 75.7 Å². The molecule has 0 aliphatic heterocycles. The van der Waals surface area contributed by atoms with Crippen molar-refractivity contribution < 1.29 is 18.4 Å². The third-order valence-corrected chi connectivity index (χ3v) is 6.25. The van der Waals surface area contributed by atoms with Crippen molar-refractivity contribution in [1.82, 2.24) is 10.2 Å². The van der Waals surface area contributed by atoms with Gasteiger partial charge in [-0.05, 0) is 49.6 Å². The number of hydrogen-bond acceptors (Lipinski definition) is 4. The van der Waals surface area contributed by atoms with E-state index in [9.17, 15) is 9.59 Å². The summed E-state index contributed by atoms with van der Waals surface area (Å²) in [6, 6.07) is 26.0. The van der Waals surface area contributed by atoms with Crippen molar-refractivity contribution in [3.05, 3.63) is 119 Å². The van der Waals surface area contributed by atoms with Crippen LogP contribution in [0.1, 0.15) is 57.5 Å². The SMILES string of the molecule is Cc1cc(C(=O)N(CCC(=O)NCCC(c2ccccc2)c2ccccc2)Cc2ccco2)c(C)o1. The maximum atomic E-state index is 13.2. The van der Waals surface area contributed by atoms with Crippen molar-refractivity contribution >= 4 is 11.8 Å². The Morgan fingerprint density at radius 2 is 1.58 bits per heavy atom. The first kappa shape index (κ1) is 25.0. The Bertz CT molecular complexity index is 1210. The molecule has 0 spiro atoms. The Kier molecular flexibility index (Phi) is 8.40. The zero-order valence-electron chi connectivity index (χ0n) is 20.8. The predicted octanol–water partition coefficient (Wildman–Crippen LogP) is 5.86. The minimum absolute atomic E-state index is 0.0905. The molecule has 4 rings (SSSR count). The Morgan fingerprint density at radius 3 is 2.14 bits per heavy atom. The van der Waals surface area contributed by atoms with Gasteiger partial charge in [-0.1, -0.05) is 60.7 Å². The zero-order chi connectivity index (χ0) is 25.3. The maximum absolute atomic E-state index is 13.2. The van der Waals surface area contributed by atoms with E-state index in [0.717, 1.165) is 6.42 Å². The molecule has 1 N–H and O–H groups in total. The molecular formula is C30H32N2O4. The lowest BCUT2D eigenvalue weighted by molar-refractivity contribution is -0.121. The molecule has 0 radical (unpaired) electrons. The van der Waals surface area contributed by atoms with Crippen LogP contribution >= 0.6 is 0 Å². The molecule has 0 aliphatic carbocycles. The lowest BCUT2D eigenvalue weighted by Gasteiger charge is -2.22. The number of nitrogens with zero attached hydrogens (tertiary/aromatic N) is 1. The lowest BCUT2D eigenvalue weighted by atomic mass is 9.88. The van der Waals surface area contributed by atoms with Gasteiger partial charge in [-0.2, -0.15) is 0 Å². The van der Waals surface area contributed by atoms with Gasteiger partial charge in [-0.3, -0.25) is 9.59 Å². The molecule has 0 aliphatic rings.